The average molecular weight is 350 g/mol. The molecular weight excluding hydrogens is 328 g/mol. The van der Waals surface area contributed by atoms with Crippen LogP contribution in [0.4, 0.5) is 0 Å². The molecule has 7 heteroatoms. The van der Waals surface area contributed by atoms with Crippen LogP contribution in [0.25, 0.3) is 5.78 Å². The van der Waals surface area contributed by atoms with Crippen LogP contribution in [0.15, 0.2) is 36.4 Å². The number of amides is 1. The average Bonchev–Trinajstić information content (AvgIpc) is 3.26. The van der Waals surface area contributed by atoms with Gasteiger partial charge in [-0.3, -0.25) is 4.79 Å². The Hall–Kier alpha value is -2.80. The third-order valence-corrected chi connectivity index (χ3v) is 5.07. The van der Waals surface area contributed by atoms with Gasteiger partial charge >= 0.3 is 0 Å². The summed E-state index contributed by atoms with van der Waals surface area (Å²) in [7, 11) is 0. The van der Waals surface area contributed by atoms with E-state index in [0.717, 1.165) is 11.4 Å². The van der Waals surface area contributed by atoms with Crippen LogP contribution in [-0.4, -0.2) is 50.0 Å². The highest BCUT2D eigenvalue weighted by molar-refractivity contribution is 5.91. The van der Waals surface area contributed by atoms with E-state index >= 15 is 0 Å². The van der Waals surface area contributed by atoms with Crippen LogP contribution in [0.1, 0.15) is 33.5 Å². The molecule has 0 saturated carbocycles. The summed E-state index contributed by atoms with van der Waals surface area (Å²) in [5.41, 5.74) is 8.96. The molecule has 0 unspecified atom stereocenters. The summed E-state index contributed by atoms with van der Waals surface area (Å²) in [5.74, 6) is 0.963. The summed E-state index contributed by atoms with van der Waals surface area (Å²) < 4.78 is 1.62. The number of carbonyl (C=O) groups is 1. The summed E-state index contributed by atoms with van der Waals surface area (Å²) in [4.78, 5) is 23.5. The second kappa shape index (κ2) is 6.49. The molecule has 1 saturated heterocycles. The quantitative estimate of drug-likeness (QED) is 0.774. The van der Waals surface area contributed by atoms with Crippen molar-refractivity contribution < 1.29 is 4.79 Å². The molecule has 134 valence electrons. The third-order valence-electron chi connectivity index (χ3n) is 5.07. The fraction of sp³-hybridized carbons (Fsp3) is 0.368. The lowest BCUT2D eigenvalue weighted by molar-refractivity contribution is 0.0774. The van der Waals surface area contributed by atoms with Crippen LogP contribution < -0.4 is 5.73 Å². The standard InChI is InChI=1S/C19H22N6O/c1-12-8-13(2)25-19(21-12)22-17(23-25)18(26)24-10-15(9-20)16(11-24)14-6-4-3-5-7-14/h3-8,15-16H,9-11,20H2,1-2H3/t15-,16+/m1/s1. The highest BCUT2D eigenvalue weighted by Crippen LogP contribution is 2.32. The van der Waals surface area contributed by atoms with Crippen molar-refractivity contribution in [2.45, 2.75) is 19.8 Å². The van der Waals surface area contributed by atoms with Crippen LogP contribution in [0.3, 0.4) is 0 Å². The van der Waals surface area contributed by atoms with Gasteiger partial charge in [0.2, 0.25) is 5.82 Å². The molecule has 26 heavy (non-hydrogen) atoms. The summed E-state index contributed by atoms with van der Waals surface area (Å²) in [6.07, 6.45) is 0. The van der Waals surface area contributed by atoms with E-state index in [1.807, 2.05) is 43.0 Å². The minimum absolute atomic E-state index is 0.163. The molecule has 0 bridgehead atoms. The van der Waals surface area contributed by atoms with Crippen LogP contribution in [0, 0.1) is 19.8 Å². The zero-order valence-electron chi connectivity index (χ0n) is 15.0. The monoisotopic (exact) mass is 350 g/mol. The third kappa shape index (κ3) is 2.84. The molecule has 7 nitrogen and oxygen atoms in total. The van der Waals surface area contributed by atoms with E-state index in [9.17, 15) is 4.79 Å². The number of aryl methyl sites for hydroxylation is 2. The maximum Gasteiger partial charge on any atom is 0.293 e. The number of rotatable bonds is 3. The fourth-order valence-corrected chi connectivity index (χ4v) is 3.75. The van der Waals surface area contributed by atoms with Crippen molar-refractivity contribution in [1.82, 2.24) is 24.5 Å². The van der Waals surface area contributed by atoms with Gasteiger partial charge in [-0.15, -0.1) is 5.10 Å². The van der Waals surface area contributed by atoms with Crippen LogP contribution in [0.2, 0.25) is 0 Å². The maximum atomic E-state index is 13.0. The summed E-state index contributed by atoms with van der Waals surface area (Å²) >= 11 is 0. The number of nitrogens with zero attached hydrogens (tertiary/aromatic N) is 5. The molecule has 1 aliphatic rings. The molecule has 0 radical (unpaired) electrons. The number of nitrogens with two attached hydrogens (primary N) is 1. The van der Waals surface area contributed by atoms with Gasteiger partial charge in [-0.25, -0.2) is 9.50 Å². The number of benzene rings is 1. The highest BCUT2D eigenvalue weighted by atomic mass is 16.2. The van der Waals surface area contributed by atoms with Gasteiger partial charge < -0.3 is 10.6 Å². The number of aromatic nitrogens is 4. The van der Waals surface area contributed by atoms with Crippen molar-refractivity contribution in [1.29, 1.82) is 0 Å². The Kier molecular flexibility index (Phi) is 4.16. The molecule has 3 aromatic rings. The van der Waals surface area contributed by atoms with Gasteiger partial charge in [-0.2, -0.15) is 4.98 Å². The molecule has 4 rings (SSSR count). The number of likely N-dealkylation sites (tertiary alicyclic amines) is 1. The molecule has 0 spiro atoms. The lowest BCUT2D eigenvalue weighted by Crippen LogP contribution is -2.30. The molecular formula is C19H22N6O. The molecule has 3 heterocycles. The molecule has 0 aliphatic carbocycles. The zero-order valence-corrected chi connectivity index (χ0v) is 15.0. The lowest BCUT2D eigenvalue weighted by Gasteiger charge is -2.16. The Morgan fingerprint density at radius 2 is 1.96 bits per heavy atom. The molecule has 1 aromatic carbocycles. The Morgan fingerprint density at radius 3 is 2.69 bits per heavy atom. The van der Waals surface area contributed by atoms with Crippen LogP contribution in [0.5, 0.6) is 0 Å². The summed E-state index contributed by atoms with van der Waals surface area (Å²) in [5, 5.41) is 4.37. The minimum atomic E-state index is -0.163. The Labute approximate surface area is 151 Å². The topological polar surface area (TPSA) is 89.4 Å². The Morgan fingerprint density at radius 1 is 1.19 bits per heavy atom. The van der Waals surface area contributed by atoms with Crippen molar-refractivity contribution in [2.24, 2.45) is 11.7 Å². The first-order chi connectivity index (χ1) is 12.6. The number of fused-ring (bicyclic) bond motifs is 1. The molecule has 1 aliphatic heterocycles. The minimum Gasteiger partial charge on any atom is -0.335 e. The van der Waals surface area contributed by atoms with Crippen LogP contribution >= 0.6 is 0 Å². The first-order valence-corrected chi connectivity index (χ1v) is 8.82. The van der Waals surface area contributed by atoms with E-state index in [1.54, 1.807) is 4.52 Å². The zero-order chi connectivity index (χ0) is 18.3. The van der Waals surface area contributed by atoms with E-state index < -0.39 is 0 Å². The summed E-state index contributed by atoms with van der Waals surface area (Å²) in [6.45, 7) is 5.62. The van der Waals surface area contributed by atoms with Crippen molar-refractivity contribution in [3.63, 3.8) is 0 Å². The molecule has 2 atom stereocenters. The fourth-order valence-electron chi connectivity index (χ4n) is 3.75. The van der Waals surface area contributed by atoms with E-state index in [0.29, 0.717) is 25.4 Å². The van der Waals surface area contributed by atoms with E-state index in [1.165, 1.54) is 5.56 Å². The highest BCUT2D eigenvalue weighted by Gasteiger charge is 2.36. The molecule has 2 aromatic heterocycles. The van der Waals surface area contributed by atoms with Gasteiger partial charge in [0.25, 0.3) is 11.7 Å². The van der Waals surface area contributed by atoms with E-state index in [2.05, 4.69) is 27.2 Å². The van der Waals surface area contributed by atoms with Crippen molar-refractivity contribution >= 4 is 11.7 Å². The van der Waals surface area contributed by atoms with Crippen molar-refractivity contribution in [2.75, 3.05) is 19.6 Å². The number of carbonyl (C=O) groups excluding carboxylic acids is 1. The van der Waals surface area contributed by atoms with Gasteiger partial charge in [0.1, 0.15) is 0 Å². The van der Waals surface area contributed by atoms with Gasteiger partial charge in [-0.05, 0) is 37.9 Å². The number of hydrogen-bond donors (Lipinski definition) is 1. The number of hydrogen-bond acceptors (Lipinski definition) is 5. The van der Waals surface area contributed by atoms with Gasteiger partial charge in [0.05, 0.1) is 0 Å². The predicted octanol–water partition coefficient (Wildman–Crippen LogP) is 1.56. The first-order valence-electron chi connectivity index (χ1n) is 8.82. The van der Waals surface area contributed by atoms with E-state index in [4.69, 9.17) is 5.73 Å². The maximum absolute atomic E-state index is 13.0. The second-order valence-electron chi connectivity index (χ2n) is 6.91. The van der Waals surface area contributed by atoms with Gasteiger partial charge in [0.15, 0.2) is 0 Å². The van der Waals surface area contributed by atoms with Crippen LogP contribution in [-0.2, 0) is 0 Å². The van der Waals surface area contributed by atoms with Gasteiger partial charge in [-0.1, -0.05) is 30.3 Å². The van der Waals surface area contributed by atoms with Crippen molar-refractivity contribution in [3.05, 3.63) is 59.2 Å². The van der Waals surface area contributed by atoms with Crippen molar-refractivity contribution in [3.8, 4) is 0 Å². The SMILES string of the molecule is Cc1cc(C)n2nc(C(=O)N3C[C@@H](CN)[C@H](c4ccccc4)C3)nc2n1. The summed E-state index contributed by atoms with van der Waals surface area (Å²) in [6, 6.07) is 12.2. The molecule has 2 N–H and O–H groups in total. The normalized spacial score (nSPS) is 20.0. The smallest absolute Gasteiger partial charge is 0.293 e. The predicted molar refractivity (Wildman–Crippen MR) is 97.9 cm³/mol. The molecule has 1 fully saturated rings. The first kappa shape index (κ1) is 16.7. The lowest BCUT2D eigenvalue weighted by atomic mass is 9.89. The largest absolute Gasteiger partial charge is 0.335 e. The second-order valence-corrected chi connectivity index (χ2v) is 6.91. The Balaban J connectivity index is 1.62. The molecule has 1 amide bonds. The van der Waals surface area contributed by atoms with E-state index in [-0.39, 0.29) is 23.6 Å². The Bertz CT molecular complexity index is 951. The van der Waals surface area contributed by atoms with Gasteiger partial charge in [0, 0.05) is 30.4 Å².